The Hall–Kier alpha value is -0.120. The predicted octanol–water partition coefficient (Wildman–Crippen LogP) is 0.905. The minimum atomic E-state index is 0.819. The van der Waals surface area contributed by atoms with E-state index in [1.807, 2.05) is 0 Å². The first-order chi connectivity index (χ1) is 7.79. The van der Waals surface area contributed by atoms with Crippen molar-refractivity contribution in [2.24, 2.45) is 0 Å². The number of likely N-dealkylation sites (N-methyl/N-ethyl adjacent to an activating group) is 1. The Kier molecular flexibility index (Phi) is 2.94. The van der Waals surface area contributed by atoms with Gasteiger partial charge in [0.2, 0.25) is 0 Å². The number of likely N-dealkylation sites (tertiary alicyclic amines) is 1. The molecule has 16 heavy (non-hydrogen) atoms. The van der Waals surface area contributed by atoms with Gasteiger partial charge in [0.1, 0.15) is 0 Å². The van der Waals surface area contributed by atoms with Crippen molar-refractivity contribution in [2.75, 3.05) is 26.2 Å². The maximum absolute atomic E-state index is 3.40. The third-order valence-electron chi connectivity index (χ3n) is 4.68. The monoisotopic (exact) mass is 223 g/mol. The number of hydrogen-bond acceptors (Lipinski definition) is 3. The average Bonchev–Trinajstić information content (AvgIpc) is 2.96. The normalized spacial score (nSPS) is 36.9. The van der Waals surface area contributed by atoms with Crippen molar-refractivity contribution in [3.05, 3.63) is 0 Å². The largest absolute Gasteiger partial charge is 0.314 e. The molecule has 0 bridgehead atoms. The van der Waals surface area contributed by atoms with E-state index in [0.29, 0.717) is 0 Å². The van der Waals surface area contributed by atoms with Crippen molar-refractivity contribution in [1.29, 1.82) is 0 Å². The lowest BCUT2D eigenvalue weighted by Crippen LogP contribution is -2.60. The second-order valence-corrected chi connectivity index (χ2v) is 5.81. The SMILES string of the molecule is CCN(C1CNC1)C1CC(C)N(C2CC2)C1. The number of hydrogen-bond donors (Lipinski definition) is 1. The Balaban J connectivity index is 1.61. The van der Waals surface area contributed by atoms with Crippen molar-refractivity contribution in [1.82, 2.24) is 15.1 Å². The standard InChI is InChI=1S/C13H25N3/c1-3-15(13-7-14-8-13)12-6-10(2)16(9-12)11-4-5-11/h10-14H,3-9H2,1-2H3. The van der Waals surface area contributed by atoms with Gasteiger partial charge in [0.25, 0.3) is 0 Å². The molecule has 1 saturated carbocycles. The Morgan fingerprint density at radius 2 is 2.00 bits per heavy atom. The Bertz CT molecular complexity index is 248. The molecule has 2 heterocycles. The van der Waals surface area contributed by atoms with Gasteiger partial charge in [-0.15, -0.1) is 0 Å². The highest BCUT2D eigenvalue weighted by molar-refractivity contribution is 4.99. The molecule has 3 rings (SSSR count). The molecule has 2 aliphatic heterocycles. The Morgan fingerprint density at radius 3 is 2.50 bits per heavy atom. The quantitative estimate of drug-likeness (QED) is 0.764. The molecule has 3 aliphatic rings. The average molecular weight is 223 g/mol. The van der Waals surface area contributed by atoms with E-state index in [9.17, 15) is 0 Å². The van der Waals surface area contributed by atoms with Crippen molar-refractivity contribution < 1.29 is 0 Å². The zero-order chi connectivity index (χ0) is 11.1. The lowest BCUT2D eigenvalue weighted by atomic mass is 10.1. The number of rotatable bonds is 4. The van der Waals surface area contributed by atoms with Crippen molar-refractivity contribution in [2.45, 2.75) is 57.3 Å². The third-order valence-corrected chi connectivity index (χ3v) is 4.68. The van der Waals surface area contributed by atoms with Crippen LogP contribution < -0.4 is 5.32 Å². The van der Waals surface area contributed by atoms with Gasteiger partial charge in [-0.1, -0.05) is 6.92 Å². The van der Waals surface area contributed by atoms with Gasteiger partial charge < -0.3 is 5.32 Å². The predicted molar refractivity (Wildman–Crippen MR) is 66.6 cm³/mol. The van der Waals surface area contributed by atoms with E-state index in [4.69, 9.17) is 0 Å². The molecule has 0 radical (unpaired) electrons. The maximum Gasteiger partial charge on any atom is 0.0348 e. The first kappa shape index (κ1) is 11.0. The summed E-state index contributed by atoms with van der Waals surface area (Å²) in [5.41, 5.74) is 0. The zero-order valence-electron chi connectivity index (χ0n) is 10.7. The fourth-order valence-corrected chi connectivity index (χ4v) is 3.50. The van der Waals surface area contributed by atoms with Gasteiger partial charge in [-0.05, 0) is 32.7 Å². The number of nitrogens with one attached hydrogen (secondary N) is 1. The molecular weight excluding hydrogens is 198 g/mol. The fourth-order valence-electron chi connectivity index (χ4n) is 3.50. The summed E-state index contributed by atoms with van der Waals surface area (Å²) in [6.07, 6.45) is 4.29. The summed E-state index contributed by atoms with van der Waals surface area (Å²) in [7, 11) is 0. The minimum absolute atomic E-state index is 0.819. The van der Waals surface area contributed by atoms with E-state index in [-0.39, 0.29) is 0 Å². The van der Waals surface area contributed by atoms with Gasteiger partial charge >= 0.3 is 0 Å². The van der Waals surface area contributed by atoms with Gasteiger partial charge in [-0.2, -0.15) is 0 Å². The van der Waals surface area contributed by atoms with Crippen molar-refractivity contribution in [3.63, 3.8) is 0 Å². The summed E-state index contributed by atoms with van der Waals surface area (Å²) in [6.45, 7) is 9.72. The second kappa shape index (κ2) is 4.28. The maximum atomic E-state index is 3.40. The highest BCUT2D eigenvalue weighted by Gasteiger charge is 2.42. The summed E-state index contributed by atoms with van der Waals surface area (Å²) in [5.74, 6) is 0. The van der Waals surface area contributed by atoms with Crippen molar-refractivity contribution >= 4 is 0 Å². The van der Waals surface area contributed by atoms with E-state index in [0.717, 1.165) is 24.2 Å². The molecule has 3 heteroatoms. The van der Waals surface area contributed by atoms with Gasteiger partial charge in [-0.25, -0.2) is 0 Å². The summed E-state index contributed by atoms with van der Waals surface area (Å²) < 4.78 is 0. The molecule has 0 aromatic carbocycles. The summed E-state index contributed by atoms with van der Waals surface area (Å²) in [4.78, 5) is 5.51. The molecule has 1 aliphatic carbocycles. The van der Waals surface area contributed by atoms with E-state index in [1.54, 1.807) is 0 Å². The first-order valence-corrected chi connectivity index (χ1v) is 7.01. The summed E-state index contributed by atoms with van der Waals surface area (Å²) in [5, 5.41) is 3.40. The molecule has 1 N–H and O–H groups in total. The molecule has 0 amide bonds. The van der Waals surface area contributed by atoms with Crippen LogP contribution in [-0.2, 0) is 0 Å². The van der Waals surface area contributed by atoms with E-state index < -0.39 is 0 Å². The van der Waals surface area contributed by atoms with E-state index >= 15 is 0 Å². The second-order valence-electron chi connectivity index (χ2n) is 5.81. The third kappa shape index (κ3) is 1.89. The summed E-state index contributed by atoms with van der Waals surface area (Å²) >= 11 is 0. The molecule has 92 valence electrons. The molecule has 3 fully saturated rings. The molecule has 0 spiro atoms. The molecule has 2 saturated heterocycles. The highest BCUT2D eigenvalue weighted by Crippen LogP contribution is 2.35. The smallest absolute Gasteiger partial charge is 0.0348 e. The van der Waals surface area contributed by atoms with Crippen LogP contribution in [0.4, 0.5) is 0 Å². The van der Waals surface area contributed by atoms with E-state index in [2.05, 4.69) is 29.0 Å². The topological polar surface area (TPSA) is 18.5 Å². The van der Waals surface area contributed by atoms with Crippen LogP contribution in [0.5, 0.6) is 0 Å². The molecule has 0 aromatic heterocycles. The van der Waals surface area contributed by atoms with Crippen LogP contribution in [0.3, 0.4) is 0 Å². The molecule has 2 unspecified atom stereocenters. The number of nitrogens with zero attached hydrogens (tertiary/aromatic N) is 2. The van der Waals surface area contributed by atoms with Crippen LogP contribution >= 0.6 is 0 Å². The Morgan fingerprint density at radius 1 is 1.25 bits per heavy atom. The van der Waals surface area contributed by atoms with Crippen LogP contribution in [0.25, 0.3) is 0 Å². The minimum Gasteiger partial charge on any atom is -0.314 e. The summed E-state index contributed by atoms with van der Waals surface area (Å²) in [6, 6.07) is 3.41. The zero-order valence-corrected chi connectivity index (χ0v) is 10.7. The van der Waals surface area contributed by atoms with Crippen LogP contribution in [0.15, 0.2) is 0 Å². The molecule has 3 nitrogen and oxygen atoms in total. The molecule has 2 atom stereocenters. The van der Waals surface area contributed by atoms with E-state index in [1.165, 1.54) is 45.4 Å². The van der Waals surface area contributed by atoms with Crippen LogP contribution in [0.1, 0.15) is 33.1 Å². The van der Waals surface area contributed by atoms with Gasteiger partial charge in [0.05, 0.1) is 0 Å². The van der Waals surface area contributed by atoms with Crippen LogP contribution in [-0.4, -0.2) is 60.1 Å². The van der Waals surface area contributed by atoms with Gasteiger partial charge in [0, 0.05) is 43.8 Å². The van der Waals surface area contributed by atoms with Crippen molar-refractivity contribution in [3.8, 4) is 0 Å². The first-order valence-electron chi connectivity index (χ1n) is 7.01. The highest BCUT2D eigenvalue weighted by atomic mass is 15.3. The van der Waals surface area contributed by atoms with Crippen LogP contribution in [0.2, 0.25) is 0 Å². The lowest BCUT2D eigenvalue weighted by molar-refractivity contribution is 0.102. The lowest BCUT2D eigenvalue weighted by Gasteiger charge is -2.41. The fraction of sp³-hybridized carbons (Fsp3) is 1.00. The Labute approximate surface area is 99.2 Å². The van der Waals surface area contributed by atoms with Gasteiger partial charge in [0.15, 0.2) is 0 Å². The van der Waals surface area contributed by atoms with Crippen LogP contribution in [0, 0.1) is 0 Å². The molecular formula is C13H25N3. The molecule has 0 aromatic rings. The van der Waals surface area contributed by atoms with Gasteiger partial charge in [-0.3, -0.25) is 9.80 Å².